The lowest BCUT2D eigenvalue weighted by Gasteiger charge is -2.26. The minimum absolute atomic E-state index is 0.494. The van der Waals surface area contributed by atoms with E-state index < -0.39 is 0 Å². The molecule has 0 aliphatic heterocycles. The van der Waals surface area contributed by atoms with Crippen LogP contribution in [0.1, 0.15) is 37.4 Å². The summed E-state index contributed by atoms with van der Waals surface area (Å²) in [6.45, 7) is 0. The summed E-state index contributed by atoms with van der Waals surface area (Å²) in [7, 11) is 2.04. The molecule has 4 nitrogen and oxygen atoms in total. The molecule has 0 spiro atoms. The first-order chi connectivity index (χ1) is 8.76. The van der Waals surface area contributed by atoms with Crippen LogP contribution >= 0.6 is 11.6 Å². The number of pyridine rings is 1. The van der Waals surface area contributed by atoms with E-state index in [1.54, 1.807) is 4.52 Å². The van der Waals surface area contributed by atoms with Crippen LogP contribution in [0.15, 0.2) is 18.3 Å². The Hall–Kier alpha value is -1.13. The summed E-state index contributed by atoms with van der Waals surface area (Å²) in [4.78, 5) is 4.60. The molecule has 5 heteroatoms. The van der Waals surface area contributed by atoms with E-state index in [1.165, 1.54) is 12.8 Å². The maximum absolute atomic E-state index is 5.95. The van der Waals surface area contributed by atoms with E-state index in [2.05, 4.69) is 15.4 Å². The van der Waals surface area contributed by atoms with E-state index in [-0.39, 0.29) is 0 Å². The molecule has 2 aromatic rings. The van der Waals surface area contributed by atoms with Crippen molar-refractivity contribution >= 4 is 17.2 Å². The molecule has 1 N–H and O–H groups in total. The molecular weight excluding hydrogens is 248 g/mol. The normalized spacial score (nSPS) is 24.6. The van der Waals surface area contributed by atoms with Gasteiger partial charge in [0.15, 0.2) is 11.5 Å². The fraction of sp³-hybridized carbons (Fsp3) is 0.538. The van der Waals surface area contributed by atoms with Gasteiger partial charge in [0, 0.05) is 18.2 Å². The summed E-state index contributed by atoms with van der Waals surface area (Å²) in [5.74, 6) is 1.46. The predicted octanol–water partition coefficient (Wildman–Crippen LogP) is 2.63. The first-order valence-corrected chi connectivity index (χ1v) is 6.83. The molecule has 0 radical (unpaired) electrons. The number of fused-ring (bicyclic) bond motifs is 1. The first kappa shape index (κ1) is 11.9. The van der Waals surface area contributed by atoms with Crippen molar-refractivity contribution in [2.75, 3.05) is 7.05 Å². The molecule has 1 aliphatic rings. The van der Waals surface area contributed by atoms with Gasteiger partial charge in [0.1, 0.15) is 0 Å². The molecule has 1 aliphatic carbocycles. The maximum Gasteiger partial charge on any atom is 0.155 e. The van der Waals surface area contributed by atoms with Gasteiger partial charge in [-0.1, -0.05) is 11.6 Å². The molecule has 2 aromatic heterocycles. The summed E-state index contributed by atoms with van der Waals surface area (Å²) in [5.41, 5.74) is 0.880. The van der Waals surface area contributed by atoms with Crippen LogP contribution in [0.4, 0.5) is 0 Å². The van der Waals surface area contributed by atoms with Crippen molar-refractivity contribution in [1.82, 2.24) is 19.9 Å². The fourth-order valence-electron chi connectivity index (χ4n) is 2.69. The zero-order valence-electron chi connectivity index (χ0n) is 10.4. The molecular formula is C13H17ClN4. The standard InChI is InChI=1S/C13H17ClN4/c1-15-11-5-2-9(3-6-11)13-16-12-7-4-10(14)8-18(12)17-13/h4,7-9,11,15H,2-3,5-6H2,1H3. The summed E-state index contributed by atoms with van der Waals surface area (Å²) < 4.78 is 1.78. The Labute approximate surface area is 111 Å². The van der Waals surface area contributed by atoms with Gasteiger partial charge < -0.3 is 5.32 Å². The molecule has 0 aromatic carbocycles. The van der Waals surface area contributed by atoms with E-state index >= 15 is 0 Å². The largest absolute Gasteiger partial charge is 0.317 e. The zero-order chi connectivity index (χ0) is 12.5. The highest BCUT2D eigenvalue weighted by Crippen LogP contribution is 2.31. The maximum atomic E-state index is 5.95. The smallest absolute Gasteiger partial charge is 0.155 e. The van der Waals surface area contributed by atoms with Gasteiger partial charge in [0.2, 0.25) is 0 Å². The second-order valence-corrected chi connectivity index (χ2v) is 5.39. The van der Waals surface area contributed by atoms with Crippen molar-refractivity contribution in [2.24, 2.45) is 0 Å². The van der Waals surface area contributed by atoms with Gasteiger partial charge in [0.05, 0.1) is 5.02 Å². The van der Waals surface area contributed by atoms with Crippen molar-refractivity contribution in [2.45, 2.75) is 37.6 Å². The monoisotopic (exact) mass is 264 g/mol. The molecule has 1 fully saturated rings. The molecule has 18 heavy (non-hydrogen) atoms. The lowest BCUT2D eigenvalue weighted by molar-refractivity contribution is 0.351. The first-order valence-electron chi connectivity index (χ1n) is 6.45. The highest BCUT2D eigenvalue weighted by atomic mass is 35.5. The Balaban J connectivity index is 1.82. The van der Waals surface area contributed by atoms with E-state index in [0.29, 0.717) is 17.0 Å². The lowest BCUT2D eigenvalue weighted by atomic mass is 9.86. The van der Waals surface area contributed by atoms with Crippen LogP contribution in [0.25, 0.3) is 5.65 Å². The van der Waals surface area contributed by atoms with E-state index in [1.807, 2.05) is 25.4 Å². The van der Waals surface area contributed by atoms with Crippen molar-refractivity contribution in [1.29, 1.82) is 0 Å². The minimum atomic E-state index is 0.494. The van der Waals surface area contributed by atoms with E-state index in [9.17, 15) is 0 Å². The van der Waals surface area contributed by atoms with E-state index in [0.717, 1.165) is 24.3 Å². The summed E-state index contributed by atoms with van der Waals surface area (Å²) in [5, 5.41) is 8.59. The average Bonchev–Trinajstić information content (AvgIpc) is 2.81. The summed E-state index contributed by atoms with van der Waals surface area (Å²) in [6.07, 6.45) is 6.55. The van der Waals surface area contributed by atoms with Crippen molar-refractivity contribution in [3.63, 3.8) is 0 Å². The molecule has 0 atom stereocenters. The Kier molecular flexibility index (Phi) is 3.22. The van der Waals surface area contributed by atoms with Gasteiger partial charge >= 0.3 is 0 Å². The van der Waals surface area contributed by atoms with Crippen LogP contribution < -0.4 is 5.32 Å². The summed E-state index contributed by atoms with van der Waals surface area (Å²) >= 11 is 5.95. The summed E-state index contributed by atoms with van der Waals surface area (Å²) in [6, 6.07) is 4.43. The predicted molar refractivity (Wildman–Crippen MR) is 72.1 cm³/mol. The third kappa shape index (κ3) is 2.22. The molecule has 3 rings (SSSR count). The second-order valence-electron chi connectivity index (χ2n) is 4.96. The third-order valence-electron chi connectivity index (χ3n) is 3.81. The average molecular weight is 265 g/mol. The van der Waals surface area contributed by atoms with Gasteiger partial charge in [0.25, 0.3) is 0 Å². The van der Waals surface area contributed by atoms with Gasteiger partial charge in [-0.25, -0.2) is 9.50 Å². The topological polar surface area (TPSA) is 42.2 Å². The third-order valence-corrected chi connectivity index (χ3v) is 4.04. The Morgan fingerprint density at radius 1 is 1.28 bits per heavy atom. The van der Waals surface area contributed by atoms with Crippen LogP contribution in [-0.4, -0.2) is 27.7 Å². The molecule has 0 amide bonds. The van der Waals surface area contributed by atoms with Crippen molar-refractivity contribution < 1.29 is 0 Å². The van der Waals surface area contributed by atoms with Crippen LogP contribution in [0.3, 0.4) is 0 Å². The highest BCUT2D eigenvalue weighted by Gasteiger charge is 2.24. The van der Waals surface area contributed by atoms with Crippen LogP contribution in [0.5, 0.6) is 0 Å². The van der Waals surface area contributed by atoms with Crippen molar-refractivity contribution in [3.8, 4) is 0 Å². The Morgan fingerprint density at radius 2 is 2.06 bits per heavy atom. The lowest BCUT2D eigenvalue weighted by Crippen LogP contribution is -2.29. The number of nitrogens with zero attached hydrogens (tertiary/aromatic N) is 3. The molecule has 0 unspecified atom stereocenters. The minimum Gasteiger partial charge on any atom is -0.317 e. The van der Waals surface area contributed by atoms with Gasteiger partial charge in [-0.2, -0.15) is 5.10 Å². The number of hydrogen-bond acceptors (Lipinski definition) is 3. The fourth-order valence-corrected chi connectivity index (χ4v) is 2.84. The van der Waals surface area contributed by atoms with Crippen LogP contribution in [0.2, 0.25) is 5.02 Å². The number of nitrogens with one attached hydrogen (secondary N) is 1. The Morgan fingerprint density at radius 3 is 2.78 bits per heavy atom. The highest BCUT2D eigenvalue weighted by molar-refractivity contribution is 6.30. The van der Waals surface area contributed by atoms with E-state index in [4.69, 9.17) is 11.6 Å². The van der Waals surface area contributed by atoms with Gasteiger partial charge in [-0.3, -0.25) is 0 Å². The molecule has 0 saturated heterocycles. The second kappa shape index (κ2) is 4.86. The number of rotatable bonds is 2. The Bertz CT molecular complexity index is 543. The molecule has 0 bridgehead atoms. The van der Waals surface area contributed by atoms with Crippen molar-refractivity contribution in [3.05, 3.63) is 29.2 Å². The van der Waals surface area contributed by atoms with Crippen LogP contribution in [0, 0.1) is 0 Å². The quantitative estimate of drug-likeness (QED) is 0.907. The molecule has 1 saturated carbocycles. The zero-order valence-corrected chi connectivity index (χ0v) is 11.2. The molecule has 2 heterocycles. The van der Waals surface area contributed by atoms with Gasteiger partial charge in [-0.05, 0) is 44.9 Å². The molecule has 96 valence electrons. The number of halogens is 1. The number of hydrogen-bond donors (Lipinski definition) is 1. The SMILES string of the molecule is CNC1CCC(c2nc3ccc(Cl)cn3n2)CC1. The van der Waals surface area contributed by atoms with Gasteiger partial charge in [-0.15, -0.1) is 0 Å². The van der Waals surface area contributed by atoms with Crippen LogP contribution in [-0.2, 0) is 0 Å². The number of aromatic nitrogens is 3.